The van der Waals surface area contributed by atoms with Gasteiger partial charge < -0.3 is 10.5 Å². The van der Waals surface area contributed by atoms with E-state index in [1.165, 1.54) is 0 Å². The molecule has 0 bridgehead atoms. The maximum absolute atomic E-state index is 6.11. The van der Waals surface area contributed by atoms with Crippen LogP contribution in [-0.4, -0.2) is 35.1 Å². The van der Waals surface area contributed by atoms with E-state index in [0.717, 1.165) is 12.3 Å². The van der Waals surface area contributed by atoms with Crippen LogP contribution in [0.2, 0.25) is 5.02 Å². The first-order valence-electron chi connectivity index (χ1n) is 6.80. The highest BCUT2D eigenvalue weighted by molar-refractivity contribution is 7.80. The van der Waals surface area contributed by atoms with E-state index >= 15 is 0 Å². The molecule has 0 aromatic heterocycles. The number of nitrogens with two attached hydrogens (primary N) is 1. The molecule has 0 saturated carbocycles. The lowest BCUT2D eigenvalue weighted by atomic mass is 10.2. The Morgan fingerprint density at radius 1 is 1.30 bits per heavy atom. The summed E-state index contributed by atoms with van der Waals surface area (Å²) in [6.07, 6.45) is 0. The molecule has 0 spiro atoms. The second kappa shape index (κ2) is 7.81. The fourth-order valence-corrected chi connectivity index (χ4v) is 2.67. The van der Waals surface area contributed by atoms with Gasteiger partial charge in [-0.05, 0) is 45.9 Å². The van der Waals surface area contributed by atoms with E-state index in [-0.39, 0.29) is 0 Å². The summed E-state index contributed by atoms with van der Waals surface area (Å²) in [5.41, 5.74) is 6.25. The van der Waals surface area contributed by atoms with Crippen LogP contribution in [0.5, 0.6) is 5.75 Å². The molecular formula is C15H23ClN2OS. The van der Waals surface area contributed by atoms with Crippen LogP contribution in [0.25, 0.3) is 0 Å². The van der Waals surface area contributed by atoms with Crippen LogP contribution in [0.1, 0.15) is 33.3 Å². The van der Waals surface area contributed by atoms with Crippen LogP contribution in [0.15, 0.2) is 18.2 Å². The molecule has 20 heavy (non-hydrogen) atoms. The van der Waals surface area contributed by atoms with Crippen molar-refractivity contribution in [1.82, 2.24) is 4.90 Å². The van der Waals surface area contributed by atoms with Crippen LogP contribution in [0, 0.1) is 0 Å². The lowest BCUT2D eigenvalue weighted by Gasteiger charge is -2.30. The van der Waals surface area contributed by atoms with Crippen molar-refractivity contribution in [3.8, 4) is 5.75 Å². The summed E-state index contributed by atoms with van der Waals surface area (Å²) < 4.78 is 5.74. The van der Waals surface area contributed by atoms with E-state index in [4.69, 9.17) is 34.3 Å². The van der Waals surface area contributed by atoms with E-state index in [0.29, 0.717) is 34.3 Å². The summed E-state index contributed by atoms with van der Waals surface area (Å²) in [7, 11) is 0. The van der Waals surface area contributed by atoms with Crippen molar-refractivity contribution in [3.05, 3.63) is 28.8 Å². The largest absolute Gasteiger partial charge is 0.492 e. The summed E-state index contributed by atoms with van der Waals surface area (Å²) in [6.45, 7) is 10.3. The number of ether oxygens (including phenoxy) is 1. The molecule has 1 aromatic rings. The van der Waals surface area contributed by atoms with Crippen molar-refractivity contribution in [2.75, 3.05) is 13.2 Å². The molecule has 0 aliphatic rings. The van der Waals surface area contributed by atoms with Gasteiger partial charge in [0.05, 0.1) is 5.02 Å². The lowest BCUT2D eigenvalue weighted by Crippen LogP contribution is -2.39. The highest BCUT2D eigenvalue weighted by Crippen LogP contribution is 2.22. The number of nitrogens with zero attached hydrogens (tertiary/aromatic N) is 1. The van der Waals surface area contributed by atoms with Crippen molar-refractivity contribution in [2.45, 2.75) is 39.8 Å². The van der Waals surface area contributed by atoms with Crippen LogP contribution < -0.4 is 10.5 Å². The average Bonchev–Trinajstić information content (AvgIpc) is 2.33. The Labute approximate surface area is 132 Å². The van der Waals surface area contributed by atoms with Gasteiger partial charge in [-0.15, -0.1) is 0 Å². The summed E-state index contributed by atoms with van der Waals surface area (Å²) in [6, 6.07) is 6.39. The first-order chi connectivity index (χ1) is 9.32. The van der Waals surface area contributed by atoms with Crippen molar-refractivity contribution >= 4 is 28.8 Å². The molecule has 0 aliphatic carbocycles. The molecule has 2 N–H and O–H groups in total. The fourth-order valence-electron chi connectivity index (χ4n) is 2.17. The third kappa shape index (κ3) is 4.93. The van der Waals surface area contributed by atoms with Gasteiger partial charge in [-0.25, -0.2) is 0 Å². The Balaban J connectivity index is 2.58. The van der Waals surface area contributed by atoms with Gasteiger partial charge in [-0.1, -0.05) is 23.8 Å². The zero-order chi connectivity index (χ0) is 15.3. The van der Waals surface area contributed by atoms with Gasteiger partial charge in [0.25, 0.3) is 0 Å². The Hall–Kier alpha value is -0.840. The number of thiocarbonyl (C=S) groups is 1. The Morgan fingerprint density at radius 2 is 1.90 bits per heavy atom. The molecule has 3 nitrogen and oxygen atoms in total. The zero-order valence-corrected chi connectivity index (χ0v) is 14.1. The predicted octanol–water partition coefficient (Wildman–Crippen LogP) is 3.47. The monoisotopic (exact) mass is 314 g/mol. The Morgan fingerprint density at radius 3 is 2.35 bits per heavy atom. The molecule has 0 amide bonds. The van der Waals surface area contributed by atoms with E-state index < -0.39 is 0 Å². The quantitative estimate of drug-likeness (QED) is 0.782. The Bertz CT molecular complexity index is 455. The van der Waals surface area contributed by atoms with Crippen LogP contribution in [0.4, 0.5) is 0 Å². The number of benzene rings is 1. The summed E-state index contributed by atoms with van der Waals surface area (Å²) in [5.74, 6) is 0.738. The van der Waals surface area contributed by atoms with Crippen molar-refractivity contribution < 1.29 is 4.74 Å². The van der Waals surface area contributed by atoms with Crippen molar-refractivity contribution in [2.24, 2.45) is 5.73 Å². The van der Waals surface area contributed by atoms with Crippen molar-refractivity contribution in [1.29, 1.82) is 0 Å². The standard InChI is InChI=1S/C15H23ClN2OS/c1-10(2)18(11(3)4)7-8-19-12-5-6-13(15(17)20)14(16)9-12/h5-6,9-11H,7-8H2,1-4H3,(H2,17,20). The lowest BCUT2D eigenvalue weighted by molar-refractivity contribution is 0.142. The minimum atomic E-state index is 0.298. The maximum Gasteiger partial charge on any atom is 0.120 e. The number of hydrogen-bond acceptors (Lipinski definition) is 3. The third-order valence-corrected chi connectivity index (χ3v) is 3.68. The van der Waals surface area contributed by atoms with E-state index in [1.807, 2.05) is 6.07 Å². The van der Waals surface area contributed by atoms with Gasteiger partial charge in [-0.3, -0.25) is 4.90 Å². The molecule has 0 unspecified atom stereocenters. The molecule has 1 rings (SSSR count). The minimum Gasteiger partial charge on any atom is -0.492 e. The fraction of sp³-hybridized carbons (Fsp3) is 0.533. The highest BCUT2D eigenvalue weighted by Gasteiger charge is 2.13. The predicted molar refractivity (Wildman–Crippen MR) is 89.8 cm³/mol. The van der Waals surface area contributed by atoms with Gasteiger partial charge >= 0.3 is 0 Å². The molecule has 0 radical (unpaired) electrons. The molecule has 0 atom stereocenters. The summed E-state index contributed by atoms with van der Waals surface area (Å²) in [4.78, 5) is 2.68. The third-order valence-electron chi connectivity index (χ3n) is 3.15. The highest BCUT2D eigenvalue weighted by atomic mass is 35.5. The van der Waals surface area contributed by atoms with Gasteiger partial charge in [0.1, 0.15) is 17.3 Å². The molecule has 0 fully saturated rings. The van der Waals surface area contributed by atoms with Crippen LogP contribution >= 0.6 is 23.8 Å². The normalized spacial score (nSPS) is 11.4. The van der Waals surface area contributed by atoms with Gasteiger partial charge in [0.2, 0.25) is 0 Å². The minimum absolute atomic E-state index is 0.298. The maximum atomic E-state index is 6.11. The van der Waals surface area contributed by atoms with E-state index in [2.05, 4.69) is 32.6 Å². The summed E-state index contributed by atoms with van der Waals surface area (Å²) >= 11 is 11.0. The molecule has 5 heteroatoms. The van der Waals surface area contributed by atoms with Gasteiger partial charge in [0.15, 0.2) is 0 Å². The number of halogens is 1. The van der Waals surface area contributed by atoms with E-state index in [1.54, 1.807) is 12.1 Å². The molecule has 112 valence electrons. The van der Waals surface area contributed by atoms with Crippen LogP contribution in [0.3, 0.4) is 0 Å². The Kier molecular flexibility index (Phi) is 6.72. The topological polar surface area (TPSA) is 38.5 Å². The van der Waals surface area contributed by atoms with Gasteiger partial charge in [0, 0.05) is 24.2 Å². The summed E-state index contributed by atoms with van der Waals surface area (Å²) in [5, 5.41) is 0.527. The molecule has 0 saturated heterocycles. The first-order valence-corrected chi connectivity index (χ1v) is 7.59. The van der Waals surface area contributed by atoms with Crippen LogP contribution in [-0.2, 0) is 0 Å². The second-order valence-corrected chi connectivity index (χ2v) is 6.13. The molecule has 0 heterocycles. The average molecular weight is 315 g/mol. The number of rotatable bonds is 7. The SMILES string of the molecule is CC(C)N(CCOc1ccc(C(N)=S)c(Cl)c1)C(C)C. The smallest absolute Gasteiger partial charge is 0.120 e. The first kappa shape index (κ1) is 17.2. The van der Waals surface area contributed by atoms with Crippen molar-refractivity contribution in [3.63, 3.8) is 0 Å². The second-order valence-electron chi connectivity index (χ2n) is 5.28. The number of hydrogen-bond donors (Lipinski definition) is 1. The molecular weight excluding hydrogens is 292 g/mol. The zero-order valence-electron chi connectivity index (χ0n) is 12.5. The van der Waals surface area contributed by atoms with Gasteiger partial charge in [-0.2, -0.15) is 0 Å². The molecule has 1 aromatic carbocycles. The molecule has 0 aliphatic heterocycles. The van der Waals surface area contributed by atoms with E-state index in [9.17, 15) is 0 Å².